The van der Waals surface area contributed by atoms with Crippen LogP contribution in [-0.2, 0) is 56.1 Å². The number of amides is 3. The van der Waals surface area contributed by atoms with Crippen molar-refractivity contribution in [2.75, 3.05) is 6.61 Å². The molecule has 0 aliphatic heterocycles. The fourth-order valence-electron chi connectivity index (χ4n) is 4.61. The zero-order valence-electron chi connectivity index (χ0n) is 31.4. The molecule has 0 saturated heterocycles. The van der Waals surface area contributed by atoms with E-state index in [4.69, 9.17) is 23.7 Å². The van der Waals surface area contributed by atoms with Gasteiger partial charge in [0.25, 0.3) is 0 Å². The van der Waals surface area contributed by atoms with Gasteiger partial charge in [-0.25, -0.2) is 24.0 Å². The van der Waals surface area contributed by atoms with Crippen LogP contribution >= 0.6 is 0 Å². The van der Waals surface area contributed by atoms with E-state index in [1.165, 1.54) is 6.08 Å². The van der Waals surface area contributed by atoms with Gasteiger partial charge in [0.15, 0.2) is 0 Å². The first kappa shape index (κ1) is 43.8. The Bertz CT molecular complexity index is 1500. The minimum absolute atomic E-state index is 0.0127. The van der Waals surface area contributed by atoms with E-state index in [9.17, 15) is 28.8 Å². The third-order valence-electron chi connectivity index (χ3n) is 7.01. The molecule has 0 aromatic heterocycles. The maximum atomic E-state index is 13.3. The van der Waals surface area contributed by atoms with E-state index < -0.39 is 65.3 Å². The standard InChI is InChI=1S/C39H53N3O11/c1-8-24-49-33(44)31(42-37(48)53-39(5,6)7)22-23-32(43)40-29(34(45)50-25-27-16-11-9-12-17-27)20-15-21-30(41-36(47)52-38(2,3)4)35(46)51-26-28-18-13-10-14-19-28/h8-14,16-19,29-31H,1,15,20-26H2,2-7H3,(H,40,43)(H,41,47)(H,42,48)/t29?,30?,31-/m1/s1. The van der Waals surface area contributed by atoms with E-state index >= 15 is 0 Å². The first-order chi connectivity index (χ1) is 25.0. The van der Waals surface area contributed by atoms with Crippen molar-refractivity contribution in [2.24, 2.45) is 0 Å². The van der Waals surface area contributed by atoms with Gasteiger partial charge in [-0.3, -0.25) is 4.79 Å². The quantitative estimate of drug-likeness (QED) is 0.0949. The average Bonchev–Trinajstić information content (AvgIpc) is 3.08. The van der Waals surface area contributed by atoms with Crippen molar-refractivity contribution >= 4 is 36.0 Å². The Hall–Kier alpha value is -5.40. The molecule has 290 valence electrons. The summed E-state index contributed by atoms with van der Waals surface area (Å²) in [5.41, 5.74) is -0.199. The molecule has 0 aliphatic rings. The Morgan fingerprint density at radius 3 is 1.42 bits per heavy atom. The molecule has 3 N–H and O–H groups in total. The summed E-state index contributed by atoms with van der Waals surface area (Å²) in [5.74, 6) is -2.87. The lowest BCUT2D eigenvalue weighted by atomic mass is 10.0. The molecule has 0 aliphatic carbocycles. The minimum atomic E-state index is -1.24. The van der Waals surface area contributed by atoms with Crippen molar-refractivity contribution in [3.63, 3.8) is 0 Å². The summed E-state index contributed by atoms with van der Waals surface area (Å²) in [6, 6.07) is 14.4. The topological polar surface area (TPSA) is 185 Å². The molecule has 3 atom stereocenters. The number of esters is 3. The second kappa shape index (κ2) is 21.8. The summed E-state index contributed by atoms with van der Waals surface area (Å²) in [6.07, 6.45) is -0.616. The molecule has 0 saturated carbocycles. The number of carbonyl (C=O) groups excluding carboxylic acids is 6. The van der Waals surface area contributed by atoms with Crippen LogP contribution in [-0.4, -0.2) is 71.9 Å². The molecule has 53 heavy (non-hydrogen) atoms. The molecule has 0 fully saturated rings. The largest absolute Gasteiger partial charge is 0.460 e. The van der Waals surface area contributed by atoms with Crippen LogP contribution in [0, 0.1) is 0 Å². The molecular formula is C39H53N3O11. The molecule has 0 heterocycles. The summed E-state index contributed by atoms with van der Waals surface area (Å²) in [7, 11) is 0. The smallest absolute Gasteiger partial charge is 0.408 e. The van der Waals surface area contributed by atoms with E-state index in [0.29, 0.717) is 0 Å². The van der Waals surface area contributed by atoms with E-state index in [-0.39, 0.29) is 51.9 Å². The number of ether oxygens (including phenoxy) is 5. The van der Waals surface area contributed by atoms with Crippen LogP contribution in [0.25, 0.3) is 0 Å². The Morgan fingerprint density at radius 1 is 0.604 bits per heavy atom. The third kappa shape index (κ3) is 19.1. The Kier molecular flexibility index (Phi) is 18.0. The number of alkyl carbamates (subject to hydrolysis) is 2. The zero-order chi connectivity index (χ0) is 39.4. The van der Waals surface area contributed by atoms with E-state index in [1.807, 2.05) is 12.1 Å². The minimum Gasteiger partial charge on any atom is -0.460 e. The number of carbonyl (C=O) groups is 6. The van der Waals surface area contributed by atoms with Gasteiger partial charge in [-0.2, -0.15) is 0 Å². The SMILES string of the molecule is C=CCOC(=O)[C@@H](CCC(=O)NC(CCCC(NC(=O)OC(C)(C)C)C(=O)OCc1ccccc1)C(=O)OCc1ccccc1)NC(=O)OC(C)(C)C. The van der Waals surface area contributed by atoms with Crippen LogP contribution < -0.4 is 16.0 Å². The van der Waals surface area contributed by atoms with Crippen LogP contribution in [0.4, 0.5) is 9.59 Å². The molecule has 3 amide bonds. The molecular weight excluding hydrogens is 686 g/mol. The maximum absolute atomic E-state index is 13.3. The zero-order valence-corrected chi connectivity index (χ0v) is 31.4. The van der Waals surface area contributed by atoms with E-state index in [2.05, 4.69) is 22.5 Å². The first-order valence-electron chi connectivity index (χ1n) is 17.4. The predicted octanol–water partition coefficient (Wildman–Crippen LogP) is 5.42. The highest BCUT2D eigenvalue weighted by Gasteiger charge is 2.30. The van der Waals surface area contributed by atoms with E-state index in [1.54, 1.807) is 90.1 Å². The van der Waals surface area contributed by atoms with Crippen molar-refractivity contribution in [3.05, 3.63) is 84.4 Å². The summed E-state index contributed by atoms with van der Waals surface area (Å²) < 4.78 is 26.7. The van der Waals surface area contributed by atoms with Gasteiger partial charge in [0.2, 0.25) is 5.91 Å². The van der Waals surface area contributed by atoms with Crippen LogP contribution in [0.1, 0.15) is 84.8 Å². The molecule has 14 nitrogen and oxygen atoms in total. The summed E-state index contributed by atoms with van der Waals surface area (Å²) in [6.45, 7) is 13.3. The summed E-state index contributed by atoms with van der Waals surface area (Å²) >= 11 is 0. The fraction of sp³-hybridized carbons (Fsp3) is 0.487. The molecule has 0 radical (unpaired) electrons. The highest BCUT2D eigenvalue weighted by molar-refractivity contribution is 5.86. The number of benzene rings is 2. The van der Waals surface area contributed by atoms with Gasteiger partial charge >= 0.3 is 30.1 Å². The lowest BCUT2D eigenvalue weighted by molar-refractivity contribution is -0.150. The molecule has 2 unspecified atom stereocenters. The molecule has 2 rings (SSSR count). The lowest BCUT2D eigenvalue weighted by Gasteiger charge is -2.24. The highest BCUT2D eigenvalue weighted by Crippen LogP contribution is 2.14. The van der Waals surface area contributed by atoms with Gasteiger partial charge in [0.05, 0.1) is 0 Å². The molecule has 0 spiro atoms. The molecule has 14 heteroatoms. The van der Waals surface area contributed by atoms with Gasteiger partial charge < -0.3 is 39.6 Å². The van der Waals surface area contributed by atoms with Crippen LogP contribution in [0.3, 0.4) is 0 Å². The number of nitrogens with one attached hydrogen (secondary N) is 3. The third-order valence-corrected chi connectivity index (χ3v) is 7.01. The monoisotopic (exact) mass is 739 g/mol. The fourth-order valence-corrected chi connectivity index (χ4v) is 4.61. The number of hydrogen-bond acceptors (Lipinski definition) is 11. The second-order valence-electron chi connectivity index (χ2n) is 14.1. The number of hydrogen-bond donors (Lipinski definition) is 3. The first-order valence-corrected chi connectivity index (χ1v) is 17.4. The molecule has 0 bridgehead atoms. The highest BCUT2D eigenvalue weighted by atomic mass is 16.6. The van der Waals surface area contributed by atoms with E-state index in [0.717, 1.165) is 11.1 Å². The Labute approximate surface area is 311 Å². The van der Waals surface area contributed by atoms with Crippen molar-refractivity contribution < 1.29 is 52.5 Å². The normalized spacial score (nSPS) is 12.9. The van der Waals surface area contributed by atoms with Crippen LogP contribution in [0.5, 0.6) is 0 Å². The van der Waals surface area contributed by atoms with Crippen molar-refractivity contribution in [1.29, 1.82) is 0 Å². The lowest BCUT2D eigenvalue weighted by Crippen LogP contribution is -2.46. The van der Waals surface area contributed by atoms with Crippen molar-refractivity contribution in [1.82, 2.24) is 16.0 Å². The van der Waals surface area contributed by atoms with Gasteiger partial charge in [-0.15, -0.1) is 0 Å². The Balaban J connectivity index is 2.17. The van der Waals surface area contributed by atoms with Gasteiger partial charge in [0.1, 0.15) is 49.1 Å². The summed E-state index contributed by atoms with van der Waals surface area (Å²) in [4.78, 5) is 77.4. The van der Waals surface area contributed by atoms with Gasteiger partial charge in [0, 0.05) is 6.42 Å². The predicted molar refractivity (Wildman–Crippen MR) is 195 cm³/mol. The maximum Gasteiger partial charge on any atom is 0.408 e. The Morgan fingerprint density at radius 2 is 1.00 bits per heavy atom. The van der Waals surface area contributed by atoms with Crippen LogP contribution in [0.2, 0.25) is 0 Å². The van der Waals surface area contributed by atoms with Gasteiger partial charge in [-0.05, 0) is 78.4 Å². The molecule has 2 aromatic carbocycles. The average molecular weight is 740 g/mol. The molecule has 2 aromatic rings. The second-order valence-corrected chi connectivity index (χ2v) is 14.1. The summed E-state index contributed by atoms with van der Waals surface area (Å²) in [5, 5.41) is 7.63. The van der Waals surface area contributed by atoms with Gasteiger partial charge in [-0.1, -0.05) is 73.3 Å². The number of rotatable bonds is 19. The van der Waals surface area contributed by atoms with Crippen LogP contribution in [0.15, 0.2) is 73.3 Å². The van der Waals surface area contributed by atoms with Crippen molar-refractivity contribution in [3.8, 4) is 0 Å². The van der Waals surface area contributed by atoms with Crippen molar-refractivity contribution in [2.45, 2.75) is 116 Å².